The molecule has 84 valence electrons. The van der Waals surface area contributed by atoms with E-state index in [2.05, 4.69) is 19.2 Å². The van der Waals surface area contributed by atoms with Crippen LogP contribution in [0.5, 0.6) is 0 Å². The third kappa shape index (κ3) is 3.42. The lowest BCUT2D eigenvalue weighted by molar-refractivity contribution is 0.606. The molecule has 1 aromatic rings. The van der Waals surface area contributed by atoms with Crippen LogP contribution in [0.2, 0.25) is 0 Å². The quantitative estimate of drug-likeness (QED) is 0.749. The zero-order valence-electron chi connectivity index (χ0n) is 9.60. The van der Waals surface area contributed by atoms with Gasteiger partial charge in [0.05, 0.1) is 11.4 Å². The van der Waals surface area contributed by atoms with E-state index in [9.17, 15) is 4.39 Å². The van der Waals surface area contributed by atoms with Crippen molar-refractivity contribution in [3.8, 4) is 0 Å². The highest BCUT2D eigenvalue weighted by atomic mass is 19.1. The Bertz CT molecular complexity index is 335. The summed E-state index contributed by atoms with van der Waals surface area (Å²) < 4.78 is 13.1. The monoisotopic (exact) mass is 210 g/mol. The van der Waals surface area contributed by atoms with Crippen LogP contribution in [0.15, 0.2) is 12.1 Å². The predicted octanol–water partition coefficient (Wildman–Crippen LogP) is 3.17. The average Bonchev–Trinajstić information content (AvgIpc) is 2.13. The lowest BCUT2D eigenvalue weighted by Crippen LogP contribution is -2.07. The number of aryl methyl sites for hydroxylation is 1. The van der Waals surface area contributed by atoms with Crippen LogP contribution in [-0.2, 0) is 0 Å². The lowest BCUT2D eigenvalue weighted by Gasteiger charge is -2.11. The van der Waals surface area contributed by atoms with Crippen molar-refractivity contribution in [3.05, 3.63) is 23.5 Å². The van der Waals surface area contributed by atoms with Crippen molar-refractivity contribution in [3.63, 3.8) is 0 Å². The molecule has 0 saturated carbocycles. The Morgan fingerprint density at radius 2 is 2.07 bits per heavy atom. The zero-order chi connectivity index (χ0) is 11.4. The minimum absolute atomic E-state index is 0.248. The van der Waals surface area contributed by atoms with E-state index >= 15 is 0 Å². The van der Waals surface area contributed by atoms with E-state index in [4.69, 9.17) is 5.73 Å². The van der Waals surface area contributed by atoms with Crippen molar-refractivity contribution in [2.45, 2.75) is 27.2 Å². The Kier molecular flexibility index (Phi) is 3.95. The Morgan fingerprint density at radius 1 is 1.40 bits per heavy atom. The summed E-state index contributed by atoms with van der Waals surface area (Å²) in [5, 5.41) is 3.22. The van der Waals surface area contributed by atoms with Crippen LogP contribution < -0.4 is 11.1 Å². The van der Waals surface area contributed by atoms with Gasteiger partial charge in [-0.25, -0.2) is 4.39 Å². The van der Waals surface area contributed by atoms with Gasteiger partial charge in [0.15, 0.2) is 0 Å². The molecule has 0 atom stereocenters. The highest BCUT2D eigenvalue weighted by molar-refractivity contribution is 5.67. The third-order valence-corrected chi connectivity index (χ3v) is 2.37. The van der Waals surface area contributed by atoms with Crippen molar-refractivity contribution in [1.29, 1.82) is 0 Å². The first-order chi connectivity index (χ1) is 7.00. The number of hydrogen-bond acceptors (Lipinski definition) is 2. The van der Waals surface area contributed by atoms with E-state index in [1.807, 2.05) is 0 Å². The molecule has 0 amide bonds. The number of anilines is 2. The maximum Gasteiger partial charge on any atom is 0.128 e. The molecular weight excluding hydrogens is 191 g/mol. The summed E-state index contributed by atoms with van der Waals surface area (Å²) in [6, 6.07) is 3.12. The van der Waals surface area contributed by atoms with Gasteiger partial charge in [0, 0.05) is 6.54 Å². The number of rotatable bonds is 4. The first kappa shape index (κ1) is 11.8. The topological polar surface area (TPSA) is 38.0 Å². The molecule has 1 rings (SSSR count). The highest BCUT2D eigenvalue weighted by Crippen LogP contribution is 2.22. The lowest BCUT2D eigenvalue weighted by atomic mass is 10.1. The molecule has 3 N–H and O–H groups in total. The second-order valence-electron chi connectivity index (χ2n) is 4.30. The van der Waals surface area contributed by atoms with Gasteiger partial charge in [0.1, 0.15) is 5.82 Å². The second-order valence-corrected chi connectivity index (χ2v) is 4.30. The Balaban J connectivity index is 2.65. The summed E-state index contributed by atoms with van der Waals surface area (Å²) in [6.07, 6.45) is 1.08. The average molecular weight is 210 g/mol. The van der Waals surface area contributed by atoms with Gasteiger partial charge < -0.3 is 11.1 Å². The molecule has 15 heavy (non-hydrogen) atoms. The summed E-state index contributed by atoms with van der Waals surface area (Å²) >= 11 is 0. The van der Waals surface area contributed by atoms with Crippen LogP contribution in [0, 0.1) is 18.7 Å². The van der Waals surface area contributed by atoms with Crippen LogP contribution >= 0.6 is 0 Å². The van der Waals surface area contributed by atoms with Crippen molar-refractivity contribution in [2.24, 2.45) is 5.92 Å². The minimum Gasteiger partial charge on any atom is -0.397 e. The smallest absolute Gasteiger partial charge is 0.128 e. The molecule has 0 aliphatic heterocycles. The molecule has 0 spiro atoms. The molecular formula is C12H19FN2. The van der Waals surface area contributed by atoms with Gasteiger partial charge in [0.2, 0.25) is 0 Å². The Hall–Kier alpha value is -1.25. The summed E-state index contributed by atoms with van der Waals surface area (Å²) in [4.78, 5) is 0. The van der Waals surface area contributed by atoms with E-state index < -0.39 is 0 Å². The van der Waals surface area contributed by atoms with Crippen molar-refractivity contribution in [1.82, 2.24) is 0 Å². The molecule has 0 aliphatic rings. The van der Waals surface area contributed by atoms with Gasteiger partial charge in [-0.05, 0) is 37.0 Å². The number of hydrogen-bond donors (Lipinski definition) is 2. The SMILES string of the molecule is Cc1cc(NCCC(C)C)c(N)cc1F. The second kappa shape index (κ2) is 5.01. The van der Waals surface area contributed by atoms with E-state index in [1.165, 1.54) is 6.07 Å². The largest absolute Gasteiger partial charge is 0.397 e. The first-order valence-corrected chi connectivity index (χ1v) is 5.30. The molecule has 1 aromatic carbocycles. The molecule has 0 aliphatic carbocycles. The summed E-state index contributed by atoms with van der Waals surface area (Å²) in [5.74, 6) is 0.405. The molecule has 0 unspecified atom stereocenters. The number of nitrogens with one attached hydrogen (secondary N) is 1. The summed E-state index contributed by atoms with van der Waals surface area (Å²) in [7, 11) is 0. The van der Waals surface area contributed by atoms with Gasteiger partial charge >= 0.3 is 0 Å². The van der Waals surface area contributed by atoms with Gasteiger partial charge in [-0.3, -0.25) is 0 Å². The molecule has 0 fully saturated rings. The highest BCUT2D eigenvalue weighted by Gasteiger charge is 2.04. The molecule has 0 heterocycles. The van der Waals surface area contributed by atoms with Crippen LogP contribution in [-0.4, -0.2) is 6.54 Å². The van der Waals surface area contributed by atoms with Crippen LogP contribution in [0.3, 0.4) is 0 Å². The van der Waals surface area contributed by atoms with Gasteiger partial charge in [-0.2, -0.15) is 0 Å². The maximum absolute atomic E-state index is 13.1. The summed E-state index contributed by atoms with van der Waals surface area (Å²) in [6.45, 7) is 6.94. The van der Waals surface area contributed by atoms with E-state index in [1.54, 1.807) is 13.0 Å². The van der Waals surface area contributed by atoms with Gasteiger partial charge in [-0.15, -0.1) is 0 Å². The third-order valence-electron chi connectivity index (χ3n) is 2.37. The standard InChI is InChI=1S/C12H19FN2/c1-8(2)4-5-15-12-6-9(3)10(13)7-11(12)14/h6-8,15H,4-5,14H2,1-3H3. The Morgan fingerprint density at radius 3 is 2.67 bits per heavy atom. The maximum atomic E-state index is 13.1. The first-order valence-electron chi connectivity index (χ1n) is 5.30. The molecule has 0 radical (unpaired) electrons. The number of nitrogen functional groups attached to an aromatic ring is 1. The molecule has 3 heteroatoms. The fourth-order valence-corrected chi connectivity index (χ4v) is 1.35. The van der Waals surface area contributed by atoms with Crippen molar-refractivity contribution >= 4 is 11.4 Å². The van der Waals surface area contributed by atoms with E-state index in [0.717, 1.165) is 18.7 Å². The van der Waals surface area contributed by atoms with E-state index in [0.29, 0.717) is 17.2 Å². The number of halogens is 1. The number of nitrogens with two attached hydrogens (primary N) is 1. The fourth-order valence-electron chi connectivity index (χ4n) is 1.35. The predicted molar refractivity (Wildman–Crippen MR) is 63.5 cm³/mol. The van der Waals surface area contributed by atoms with Crippen LogP contribution in [0.4, 0.5) is 15.8 Å². The molecule has 0 aromatic heterocycles. The van der Waals surface area contributed by atoms with Gasteiger partial charge in [0.25, 0.3) is 0 Å². The van der Waals surface area contributed by atoms with Crippen molar-refractivity contribution < 1.29 is 4.39 Å². The number of benzene rings is 1. The normalized spacial score (nSPS) is 10.7. The van der Waals surface area contributed by atoms with Crippen molar-refractivity contribution in [2.75, 3.05) is 17.6 Å². The molecule has 2 nitrogen and oxygen atoms in total. The van der Waals surface area contributed by atoms with Crippen LogP contribution in [0.25, 0.3) is 0 Å². The Labute approximate surface area is 90.7 Å². The fraction of sp³-hybridized carbons (Fsp3) is 0.500. The molecule has 0 bridgehead atoms. The van der Waals surface area contributed by atoms with Gasteiger partial charge in [-0.1, -0.05) is 13.8 Å². The zero-order valence-corrected chi connectivity index (χ0v) is 9.60. The summed E-state index contributed by atoms with van der Waals surface area (Å²) in [5.41, 5.74) is 7.63. The van der Waals surface area contributed by atoms with E-state index in [-0.39, 0.29) is 5.82 Å². The van der Waals surface area contributed by atoms with Crippen LogP contribution in [0.1, 0.15) is 25.8 Å². The molecule has 0 saturated heterocycles. The minimum atomic E-state index is -0.248.